The van der Waals surface area contributed by atoms with Crippen molar-refractivity contribution >= 4 is 29.3 Å². The highest BCUT2D eigenvalue weighted by Gasteiger charge is 2.38. The van der Waals surface area contributed by atoms with Crippen LogP contribution in [0.4, 0.5) is 5.69 Å². The molecule has 2 aliphatic heterocycles. The Morgan fingerprint density at radius 2 is 1.81 bits per heavy atom. The van der Waals surface area contributed by atoms with Crippen LogP contribution >= 0.6 is 11.8 Å². The molecule has 5 nitrogen and oxygen atoms in total. The quantitative estimate of drug-likeness (QED) is 0.844. The van der Waals surface area contributed by atoms with Crippen LogP contribution in [0, 0.1) is 5.92 Å². The lowest BCUT2D eigenvalue weighted by Gasteiger charge is -2.28. The minimum atomic E-state index is -0.191. The lowest BCUT2D eigenvalue weighted by molar-refractivity contribution is -0.130. The number of carbonyl (C=O) groups excluding carboxylic acids is 2. The molecule has 0 bridgehead atoms. The summed E-state index contributed by atoms with van der Waals surface area (Å²) in [5, 5.41) is 3.04. The van der Waals surface area contributed by atoms with Crippen molar-refractivity contribution in [2.45, 2.75) is 44.7 Å². The van der Waals surface area contributed by atoms with Crippen LogP contribution in [-0.2, 0) is 16.1 Å². The van der Waals surface area contributed by atoms with E-state index in [-0.39, 0.29) is 17.7 Å². The normalized spacial score (nSPS) is 23.9. The summed E-state index contributed by atoms with van der Waals surface area (Å²) in [4.78, 5) is 29.2. The summed E-state index contributed by atoms with van der Waals surface area (Å²) in [6.07, 6.45) is 4.98. The van der Waals surface area contributed by atoms with E-state index in [1.807, 2.05) is 16.7 Å². The van der Waals surface area contributed by atoms with E-state index in [9.17, 15) is 9.59 Å². The fraction of sp³-hybridized carbons (Fsp3) is 0.619. The second-order valence-electron chi connectivity index (χ2n) is 7.87. The van der Waals surface area contributed by atoms with E-state index in [4.69, 9.17) is 0 Å². The van der Waals surface area contributed by atoms with Gasteiger partial charge in [0, 0.05) is 55.8 Å². The Morgan fingerprint density at radius 3 is 2.52 bits per heavy atom. The van der Waals surface area contributed by atoms with Gasteiger partial charge in [0.25, 0.3) is 0 Å². The standard InChI is InChI=1S/C21H29N3O2S/c25-20-13-17(15-24(20)19-3-1-2-4-19)21(26)22-14-16-5-7-18(8-6-16)23-9-11-27-12-10-23/h5-8,17,19H,1-4,9-15H2,(H,22,26)/t17-/m1/s1. The van der Waals surface area contributed by atoms with Crippen LogP contribution in [0.3, 0.4) is 0 Å². The summed E-state index contributed by atoms with van der Waals surface area (Å²) < 4.78 is 0. The van der Waals surface area contributed by atoms with Crippen molar-refractivity contribution in [3.8, 4) is 0 Å². The second kappa shape index (κ2) is 8.55. The molecule has 3 aliphatic rings. The molecule has 0 spiro atoms. The third-order valence-electron chi connectivity index (χ3n) is 6.07. The summed E-state index contributed by atoms with van der Waals surface area (Å²) in [7, 11) is 0. The second-order valence-corrected chi connectivity index (χ2v) is 9.09. The molecular formula is C21H29N3O2S. The van der Waals surface area contributed by atoms with Gasteiger partial charge in [-0.15, -0.1) is 0 Å². The van der Waals surface area contributed by atoms with E-state index in [0.717, 1.165) is 31.5 Å². The Kier molecular flexibility index (Phi) is 5.91. The van der Waals surface area contributed by atoms with Crippen LogP contribution in [-0.4, -0.2) is 53.9 Å². The molecule has 4 rings (SSSR count). The van der Waals surface area contributed by atoms with Crippen LogP contribution in [0.2, 0.25) is 0 Å². The molecule has 0 aromatic heterocycles. The van der Waals surface area contributed by atoms with Crippen LogP contribution in [0.25, 0.3) is 0 Å². The molecule has 1 aliphatic carbocycles. The van der Waals surface area contributed by atoms with E-state index < -0.39 is 0 Å². The number of carbonyl (C=O) groups is 2. The highest BCUT2D eigenvalue weighted by atomic mass is 32.2. The molecule has 146 valence electrons. The third kappa shape index (κ3) is 4.42. The molecule has 1 saturated carbocycles. The molecule has 27 heavy (non-hydrogen) atoms. The van der Waals surface area contributed by atoms with Gasteiger partial charge in [-0.25, -0.2) is 0 Å². The summed E-state index contributed by atoms with van der Waals surface area (Å²) >= 11 is 2.01. The van der Waals surface area contributed by atoms with Gasteiger partial charge in [0.1, 0.15) is 0 Å². The third-order valence-corrected chi connectivity index (χ3v) is 7.02. The van der Waals surface area contributed by atoms with Gasteiger partial charge in [-0.05, 0) is 30.5 Å². The summed E-state index contributed by atoms with van der Waals surface area (Å²) in [5.74, 6) is 2.36. The molecule has 1 N–H and O–H groups in total. The SMILES string of the molecule is O=C(NCc1ccc(N2CCSCC2)cc1)[C@@H]1CC(=O)N(C2CCCC2)C1. The van der Waals surface area contributed by atoms with Gasteiger partial charge in [0.2, 0.25) is 11.8 Å². The number of likely N-dealkylation sites (tertiary alicyclic amines) is 1. The average molecular weight is 388 g/mol. The van der Waals surface area contributed by atoms with E-state index in [1.54, 1.807) is 0 Å². The molecule has 1 aromatic carbocycles. The summed E-state index contributed by atoms with van der Waals surface area (Å²) in [6.45, 7) is 3.34. The first kappa shape index (κ1) is 18.7. The highest BCUT2D eigenvalue weighted by Crippen LogP contribution is 2.29. The number of hydrogen-bond donors (Lipinski definition) is 1. The number of hydrogen-bond acceptors (Lipinski definition) is 4. The van der Waals surface area contributed by atoms with Gasteiger partial charge < -0.3 is 15.1 Å². The van der Waals surface area contributed by atoms with Crippen molar-refractivity contribution in [2.75, 3.05) is 36.0 Å². The fourth-order valence-corrected chi connectivity index (χ4v) is 5.36. The molecule has 1 aromatic rings. The Bertz CT molecular complexity index is 667. The zero-order chi connectivity index (χ0) is 18.6. The Labute approximate surface area is 165 Å². The molecule has 2 heterocycles. The highest BCUT2D eigenvalue weighted by molar-refractivity contribution is 7.99. The number of nitrogens with one attached hydrogen (secondary N) is 1. The predicted octanol–water partition coefficient (Wildman–Crippen LogP) is 2.65. The average Bonchev–Trinajstić information content (AvgIpc) is 3.37. The number of anilines is 1. The number of benzene rings is 1. The van der Waals surface area contributed by atoms with Crippen LogP contribution < -0.4 is 10.2 Å². The zero-order valence-corrected chi connectivity index (χ0v) is 16.7. The zero-order valence-electron chi connectivity index (χ0n) is 15.9. The largest absolute Gasteiger partial charge is 0.370 e. The number of amides is 2. The van der Waals surface area contributed by atoms with E-state index in [0.29, 0.717) is 25.6 Å². The maximum atomic E-state index is 12.5. The maximum absolute atomic E-state index is 12.5. The van der Waals surface area contributed by atoms with Crippen molar-refractivity contribution < 1.29 is 9.59 Å². The van der Waals surface area contributed by atoms with Crippen molar-refractivity contribution in [1.82, 2.24) is 10.2 Å². The van der Waals surface area contributed by atoms with Crippen molar-refractivity contribution in [3.63, 3.8) is 0 Å². The molecule has 2 amide bonds. The number of nitrogens with zero attached hydrogens (tertiary/aromatic N) is 2. The van der Waals surface area contributed by atoms with Gasteiger partial charge in [0.15, 0.2) is 0 Å². The van der Waals surface area contributed by atoms with Crippen molar-refractivity contribution in [2.24, 2.45) is 5.92 Å². The summed E-state index contributed by atoms with van der Waals surface area (Å²) in [5.41, 5.74) is 2.37. The van der Waals surface area contributed by atoms with Gasteiger partial charge in [-0.2, -0.15) is 11.8 Å². The Hall–Kier alpha value is -1.69. The molecule has 2 saturated heterocycles. The van der Waals surface area contributed by atoms with Gasteiger partial charge in [0.05, 0.1) is 5.92 Å². The van der Waals surface area contributed by atoms with Gasteiger partial charge >= 0.3 is 0 Å². The number of rotatable bonds is 5. The lowest BCUT2D eigenvalue weighted by atomic mass is 10.1. The van der Waals surface area contributed by atoms with Crippen LogP contribution in [0.5, 0.6) is 0 Å². The maximum Gasteiger partial charge on any atom is 0.225 e. The fourth-order valence-electron chi connectivity index (χ4n) is 4.46. The topological polar surface area (TPSA) is 52.7 Å². The smallest absolute Gasteiger partial charge is 0.225 e. The first-order valence-corrected chi connectivity index (χ1v) is 11.3. The molecule has 3 fully saturated rings. The Balaban J connectivity index is 1.27. The van der Waals surface area contributed by atoms with Gasteiger partial charge in [-0.3, -0.25) is 9.59 Å². The van der Waals surface area contributed by atoms with Crippen molar-refractivity contribution in [1.29, 1.82) is 0 Å². The van der Waals surface area contributed by atoms with E-state index in [2.05, 4.69) is 34.5 Å². The van der Waals surface area contributed by atoms with E-state index >= 15 is 0 Å². The molecule has 0 unspecified atom stereocenters. The monoisotopic (exact) mass is 387 g/mol. The van der Waals surface area contributed by atoms with Crippen LogP contribution in [0.1, 0.15) is 37.7 Å². The van der Waals surface area contributed by atoms with Crippen molar-refractivity contribution in [3.05, 3.63) is 29.8 Å². The van der Waals surface area contributed by atoms with Gasteiger partial charge in [-0.1, -0.05) is 25.0 Å². The molecular weight excluding hydrogens is 358 g/mol. The number of thioether (sulfide) groups is 1. The van der Waals surface area contributed by atoms with Crippen LogP contribution in [0.15, 0.2) is 24.3 Å². The molecule has 1 atom stereocenters. The minimum absolute atomic E-state index is 0.0148. The lowest BCUT2D eigenvalue weighted by Crippen LogP contribution is -2.36. The minimum Gasteiger partial charge on any atom is -0.370 e. The predicted molar refractivity (Wildman–Crippen MR) is 110 cm³/mol. The molecule has 0 radical (unpaired) electrons. The first-order valence-electron chi connectivity index (χ1n) is 10.2. The summed E-state index contributed by atoms with van der Waals surface area (Å²) in [6, 6.07) is 8.87. The first-order chi connectivity index (χ1) is 13.2. The Morgan fingerprint density at radius 1 is 1.11 bits per heavy atom. The molecule has 6 heteroatoms. The van der Waals surface area contributed by atoms with E-state index in [1.165, 1.54) is 30.0 Å².